The molecule has 0 unspecified atom stereocenters. The molecule has 28 heavy (non-hydrogen) atoms. The van der Waals surface area contributed by atoms with Gasteiger partial charge < -0.3 is 20.1 Å². The average Bonchev–Trinajstić information content (AvgIpc) is 2.69. The summed E-state index contributed by atoms with van der Waals surface area (Å²) in [7, 11) is 3.45. The number of nitrogens with one attached hydrogen (secondary N) is 2. The van der Waals surface area contributed by atoms with Crippen molar-refractivity contribution in [3.63, 3.8) is 0 Å². The molecule has 2 aromatic rings. The summed E-state index contributed by atoms with van der Waals surface area (Å²) in [6, 6.07) is 14.6. The van der Waals surface area contributed by atoms with E-state index in [1.54, 1.807) is 25.9 Å². The van der Waals surface area contributed by atoms with Crippen LogP contribution in [0.4, 0.5) is 0 Å². The summed E-state index contributed by atoms with van der Waals surface area (Å²) in [5.74, 6) is 1.62. The van der Waals surface area contributed by atoms with E-state index in [0.29, 0.717) is 19.8 Å². The van der Waals surface area contributed by atoms with Crippen LogP contribution >= 0.6 is 35.7 Å². The normalized spacial score (nSPS) is 10.9. The Morgan fingerprint density at radius 1 is 1.07 bits per heavy atom. The lowest BCUT2D eigenvalue weighted by molar-refractivity contribution is 0.146. The lowest BCUT2D eigenvalue weighted by Crippen LogP contribution is -2.36. The molecule has 0 aromatic heterocycles. The molecule has 0 radical (unpaired) electrons. The maximum absolute atomic E-state index is 5.66. The first-order chi connectivity index (χ1) is 13.2. The van der Waals surface area contributed by atoms with Gasteiger partial charge in [0.25, 0.3) is 0 Å². The highest BCUT2D eigenvalue weighted by atomic mass is 127. The van der Waals surface area contributed by atoms with Crippen LogP contribution in [-0.4, -0.2) is 39.6 Å². The van der Waals surface area contributed by atoms with Crippen molar-refractivity contribution in [1.82, 2.24) is 10.6 Å². The zero-order valence-corrected chi connectivity index (χ0v) is 20.1. The molecular weight excluding hydrogens is 485 g/mol. The van der Waals surface area contributed by atoms with Gasteiger partial charge in [0.15, 0.2) is 5.96 Å². The Bertz CT molecular complexity index is 756. The van der Waals surface area contributed by atoms with Crippen molar-refractivity contribution in [2.75, 3.05) is 33.6 Å². The van der Waals surface area contributed by atoms with Crippen LogP contribution in [0.1, 0.15) is 16.7 Å². The summed E-state index contributed by atoms with van der Waals surface area (Å²) in [5.41, 5.74) is 3.68. The number of thioether (sulfide) groups is 1. The second kappa shape index (κ2) is 13.7. The fourth-order valence-electron chi connectivity index (χ4n) is 2.57. The van der Waals surface area contributed by atoms with Crippen LogP contribution in [0, 0.1) is 6.92 Å². The van der Waals surface area contributed by atoms with Crippen LogP contribution in [0.25, 0.3) is 0 Å². The highest BCUT2D eigenvalue weighted by molar-refractivity contribution is 14.0. The number of aryl methyl sites for hydroxylation is 1. The Balaban J connectivity index is 0.00000392. The molecule has 0 amide bonds. The third kappa shape index (κ3) is 8.28. The van der Waals surface area contributed by atoms with Crippen molar-refractivity contribution in [3.05, 3.63) is 59.2 Å². The number of methoxy groups -OCH3 is 1. The fraction of sp³-hybridized carbons (Fsp3) is 0.381. The summed E-state index contributed by atoms with van der Waals surface area (Å²) < 4.78 is 10.7. The first-order valence-electron chi connectivity index (χ1n) is 8.95. The van der Waals surface area contributed by atoms with E-state index in [0.717, 1.165) is 23.8 Å². The summed E-state index contributed by atoms with van der Waals surface area (Å²) in [4.78, 5) is 5.60. The molecule has 0 aliphatic heterocycles. The van der Waals surface area contributed by atoms with Gasteiger partial charge in [0, 0.05) is 32.1 Å². The van der Waals surface area contributed by atoms with Crippen LogP contribution in [0.5, 0.6) is 5.75 Å². The minimum Gasteiger partial charge on any atom is -0.491 e. The van der Waals surface area contributed by atoms with Gasteiger partial charge in [-0.2, -0.15) is 0 Å². The van der Waals surface area contributed by atoms with Gasteiger partial charge in [-0.15, -0.1) is 35.7 Å². The van der Waals surface area contributed by atoms with Crippen LogP contribution in [0.3, 0.4) is 0 Å². The second-order valence-corrected chi connectivity index (χ2v) is 6.93. The number of aliphatic imine (C=N–C) groups is 1. The molecule has 0 spiro atoms. The Morgan fingerprint density at radius 3 is 2.57 bits per heavy atom. The molecule has 2 aromatic carbocycles. The lowest BCUT2D eigenvalue weighted by atomic mass is 10.1. The van der Waals surface area contributed by atoms with Crippen LogP contribution in [0.15, 0.2) is 52.4 Å². The molecule has 2 N–H and O–H groups in total. The van der Waals surface area contributed by atoms with E-state index in [1.807, 2.05) is 18.2 Å². The van der Waals surface area contributed by atoms with Crippen molar-refractivity contribution in [3.8, 4) is 5.75 Å². The molecule has 0 atom stereocenters. The van der Waals surface area contributed by atoms with Crippen LogP contribution < -0.4 is 15.4 Å². The molecule has 154 valence electrons. The van der Waals surface area contributed by atoms with Gasteiger partial charge in [-0.3, -0.25) is 4.99 Å². The van der Waals surface area contributed by atoms with E-state index in [9.17, 15) is 0 Å². The van der Waals surface area contributed by atoms with E-state index >= 15 is 0 Å². The average molecular weight is 515 g/mol. The van der Waals surface area contributed by atoms with Gasteiger partial charge in [-0.25, -0.2) is 0 Å². The van der Waals surface area contributed by atoms with E-state index in [4.69, 9.17) is 9.47 Å². The maximum atomic E-state index is 5.66. The molecule has 0 fully saturated rings. The number of guanidine groups is 1. The molecule has 0 saturated heterocycles. The van der Waals surface area contributed by atoms with E-state index < -0.39 is 0 Å². The van der Waals surface area contributed by atoms with Crippen molar-refractivity contribution in [1.29, 1.82) is 0 Å². The Hall–Kier alpha value is -1.45. The first-order valence-corrected chi connectivity index (χ1v) is 10.2. The predicted molar refractivity (Wildman–Crippen MR) is 129 cm³/mol. The summed E-state index contributed by atoms with van der Waals surface area (Å²) in [5, 5.41) is 6.74. The number of rotatable bonds is 9. The molecule has 7 heteroatoms. The van der Waals surface area contributed by atoms with Gasteiger partial charge in [-0.05, 0) is 48.1 Å². The number of ether oxygens (including phenoxy) is 2. The standard InChI is InChI=1S/C21H29N3O2S.HI/c1-16-8-9-18(20(12-16)27-4)15-24-21(22-2)23-14-17-6-5-7-19(13-17)26-11-10-25-3;/h5-9,12-13H,10-11,14-15H2,1-4H3,(H2,22,23,24);1H. The summed E-state index contributed by atoms with van der Waals surface area (Å²) in [6.45, 7) is 4.65. The molecule has 2 rings (SSSR count). The smallest absolute Gasteiger partial charge is 0.191 e. The van der Waals surface area contributed by atoms with E-state index in [1.165, 1.54) is 16.0 Å². The Labute approximate surface area is 189 Å². The highest BCUT2D eigenvalue weighted by Gasteiger charge is 2.04. The zero-order chi connectivity index (χ0) is 19.5. The number of hydrogen-bond acceptors (Lipinski definition) is 4. The Morgan fingerprint density at radius 2 is 1.86 bits per heavy atom. The van der Waals surface area contributed by atoms with Gasteiger partial charge in [-0.1, -0.05) is 24.3 Å². The SMILES string of the molecule is CN=C(NCc1cccc(OCCOC)c1)NCc1ccc(C)cc1SC.I. The molecule has 0 saturated carbocycles. The van der Waals surface area contributed by atoms with Crippen LogP contribution in [-0.2, 0) is 17.8 Å². The number of nitrogens with zero attached hydrogens (tertiary/aromatic N) is 1. The first kappa shape index (κ1) is 24.6. The summed E-state index contributed by atoms with van der Waals surface area (Å²) >= 11 is 1.77. The third-order valence-electron chi connectivity index (χ3n) is 4.03. The van der Waals surface area contributed by atoms with E-state index in [2.05, 4.69) is 53.1 Å². The number of hydrogen-bond donors (Lipinski definition) is 2. The molecule has 5 nitrogen and oxygen atoms in total. The number of halogens is 1. The second-order valence-electron chi connectivity index (χ2n) is 6.08. The van der Waals surface area contributed by atoms with Crippen molar-refractivity contribution in [2.45, 2.75) is 24.9 Å². The van der Waals surface area contributed by atoms with Crippen molar-refractivity contribution < 1.29 is 9.47 Å². The van der Waals surface area contributed by atoms with Gasteiger partial charge in [0.2, 0.25) is 0 Å². The van der Waals surface area contributed by atoms with Crippen LogP contribution in [0.2, 0.25) is 0 Å². The van der Waals surface area contributed by atoms with Crippen molar-refractivity contribution >= 4 is 41.7 Å². The minimum absolute atomic E-state index is 0. The van der Waals surface area contributed by atoms with Gasteiger partial charge in [0.1, 0.15) is 12.4 Å². The monoisotopic (exact) mass is 515 g/mol. The molecule has 0 heterocycles. The molecule has 0 bridgehead atoms. The zero-order valence-electron chi connectivity index (χ0n) is 17.0. The minimum atomic E-state index is 0. The van der Waals surface area contributed by atoms with E-state index in [-0.39, 0.29) is 24.0 Å². The lowest BCUT2D eigenvalue weighted by Gasteiger charge is -2.14. The predicted octanol–water partition coefficient (Wildman–Crippen LogP) is 4.23. The number of benzene rings is 2. The Kier molecular flexibility index (Phi) is 12.0. The fourth-order valence-corrected chi connectivity index (χ4v) is 3.28. The van der Waals surface area contributed by atoms with Gasteiger partial charge >= 0.3 is 0 Å². The molecule has 0 aliphatic carbocycles. The quantitative estimate of drug-likeness (QED) is 0.172. The molecule has 0 aliphatic rings. The maximum Gasteiger partial charge on any atom is 0.191 e. The highest BCUT2D eigenvalue weighted by Crippen LogP contribution is 2.21. The topological polar surface area (TPSA) is 54.9 Å². The molecular formula is C21H30IN3O2S. The third-order valence-corrected chi connectivity index (χ3v) is 4.85. The van der Waals surface area contributed by atoms with Gasteiger partial charge in [0.05, 0.1) is 6.61 Å². The largest absolute Gasteiger partial charge is 0.491 e. The summed E-state index contributed by atoms with van der Waals surface area (Å²) in [6.07, 6.45) is 2.10. The van der Waals surface area contributed by atoms with Crippen molar-refractivity contribution in [2.24, 2.45) is 4.99 Å².